The number of hydrogen-bond acceptors (Lipinski definition) is 3. The zero-order valence-corrected chi connectivity index (χ0v) is 11.1. The number of aliphatic hydroxyl groups excluding tert-OH is 1. The maximum atomic E-state index is 11.9. The van der Waals surface area contributed by atoms with Gasteiger partial charge in [-0.15, -0.1) is 0 Å². The maximum absolute atomic E-state index is 11.9. The van der Waals surface area contributed by atoms with Gasteiger partial charge >= 0.3 is 12.0 Å². The SMILES string of the molecule is CC(C)C1CCN(C(=O)NC(C(=O)O)C(C)O)C1. The first-order valence-corrected chi connectivity index (χ1v) is 6.29. The average Bonchev–Trinajstić information content (AvgIpc) is 2.73. The second kappa shape index (κ2) is 6.04. The Labute approximate surface area is 107 Å². The Morgan fingerprint density at radius 1 is 1.33 bits per heavy atom. The zero-order valence-electron chi connectivity index (χ0n) is 11.1. The summed E-state index contributed by atoms with van der Waals surface area (Å²) in [6.45, 7) is 6.86. The van der Waals surface area contributed by atoms with Crippen molar-refractivity contribution in [2.45, 2.75) is 39.3 Å². The van der Waals surface area contributed by atoms with E-state index in [1.165, 1.54) is 6.92 Å². The van der Waals surface area contributed by atoms with Crippen molar-refractivity contribution in [1.29, 1.82) is 0 Å². The standard InChI is InChI=1S/C12H22N2O4/c1-7(2)9-4-5-14(6-9)12(18)13-10(8(3)15)11(16)17/h7-10,15H,4-6H2,1-3H3,(H,13,18)(H,16,17). The molecule has 6 nitrogen and oxygen atoms in total. The summed E-state index contributed by atoms with van der Waals surface area (Å²) in [5, 5.41) is 20.5. The molecule has 0 radical (unpaired) electrons. The zero-order chi connectivity index (χ0) is 13.9. The maximum Gasteiger partial charge on any atom is 0.328 e. The number of rotatable bonds is 4. The number of urea groups is 1. The molecular weight excluding hydrogens is 236 g/mol. The first-order valence-electron chi connectivity index (χ1n) is 6.29. The summed E-state index contributed by atoms with van der Waals surface area (Å²) in [4.78, 5) is 24.4. The number of carboxylic acids is 1. The van der Waals surface area contributed by atoms with Crippen LogP contribution < -0.4 is 5.32 Å². The fourth-order valence-electron chi connectivity index (χ4n) is 2.13. The minimum absolute atomic E-state index is 0.411. The number of carbonyl (C=O) groups is 2. The molecule has 0 aromatic heterocycles. The third-order valence-electron chi connectivity index (χ3n) is 3.48. The summed E-state index contributed by atoms with van der Waals surface area (Å²) in [5.74, 6) is -0.252. The highest BCUT2D eigenvalue weighted by molar-refractivity contribution is 5.83. The van der Waals surface area contributed by atoms with E-state index in [0.717, 1.165) is 6.42 Å². The summed E-state index contributed by atoms with van der Waals surface area (Å²) in [6, 6.07) is -1.66. The molecule has 1 heterocycles. The molecule has 18 heavy (non-hydrogen) atoms. The predicted octanol–water partition coefficient (Wildman–Crippen LogP) is 0.508. The summed E-state index contributed by atoms with van der Waals surface area (Å²) in [5.41, 5.74) is 0. The topological polar surface area (TPSA) is 89.9 Å². The Balaban J connectivity index is 2.53. The molecular formula is C12H22N2O4. The van der Waals surface area contributed by atoms with Crippen LogP contribution in [0, 0.1) is 11.8 Å². The fraction of sp³-hybridized carbons (Fsp3) is 0.833. The minimum Gasteiger partial charge on any atom is -0.480 e. The van der Waals surface area contributed by atoms with Gasteiger partial charge in [0.25, 0.3) is 0 Å². The number of nitrogens with zero attached hydrogens (tertiary/aromatic N) is 1. The van der Waals surface area contributed by atoms with Crippen molar-refractivity contribution in [3.05, 3.63) is 0 Å². The van der Waals surface area contributed by atoms with Crippen LogP contribution in [0.4, 0.5) is 4.79 Å². The van der Waals surface area contributed by atoms with E-state index >= 15 is 0 Å². The molecule has 0 aliphatic carbocycles. The Hall–Kier alpha value is -1.30. The quantitative estimate of drug-likeness (QED) is 0.685. The lowest BCUT2D eigenvalue weighted by atomic mass is 9.95. The normalized spacial score (nSPS) is 22.9. The number of hydrogen-bond donors (Lipinski definition) is 3. The van der Waals surface area contributed by atoms with E-state index in [4.69, 9.17) is 5.11 Å². The molecule has 0 aromatic carbocycles. The van der Waals surface area contributed by atoms with Crippen molar-refractivity contribution in [2.75, 3.05) is 13.1 Å². The van der Waals surface area contributed by atoms with Gasteiger partial charge in [0.15, 0.2) is 6.04 Å². The Morgan fingerprint density at radius 2 is 1.94 bits per heavy atom. The number of carbonyl (C=O) groups excluding carboxylic acids is 1. The molecule has 1 saturated heterocycles. The van der Waals surface area contributed by atoms with Gasteiger partial charge in [-0.3, -0.25) is 0 Å². The number of carboxylic acid groups (broad SMARTS) is 1. The van der Waals surface area contributed by atoms with E-state index in [1.807, 2.05) is 0 Å². The summed E-state index contributed by atoms with van der Waals surface area (Å²) in [6.07, 6.45) is -0.174. The van der Waals surface area contributed by atoms with Crippen molar-refractivity contribution in [3.8, 4) is 0 Å². The average molecular weight is 258 g/mol. The van der Waals surface area contributed by atoms with Gasteiger partial charge in [-0.2, -0.15) is 0 Å². The van der Waals surface area contributed by atoms with Crippen molar-refractivity contribution < 1.29 is 19.8 Å². The van der Waals surface area contributed by atoms with Crippen LogP contribution in [0.1, 0.15) is 27.2 Å². The van der Waals surface area contributed by atoms with Crippen molar-refractivity contribution in [2.24, 2.45) is 11.8 Å². The van der Waals surface area contributed by atoms with Gasteiger partial charge in [0, 0.05) is 13.1 Å². The van der Waals surface area contributed by atoms with Crippen LogP contribution in [0.3, 0.4) is 0 Å². The van der Waals surface area contributed by atoms with E-state index in [1.54, 1.807) is 4.90 Å². The molecule has 0 aromatic rings. The smallest absolute Gasteiger partial charge is 0.328 e. The third-order valence-corrected chi connectivity index (χ3v) is 3.48. The molecule has 1 fully saturated rings. The van der Waals surface area contributed by atoms with Crippen molar-refractivity contribution in [1.82, 2.24) is 10.2 Å². The van der Waals surface area contributed by atoms with Crippen LogP contribution in [-0.2, 0) is 4.79 Å². The molecule has 3 unspecified atom stereocenters. The lowest BCUT2D eigenvalue weighted by Crippen LogP contribution is -2.51. The minimum atomic E-state index is -1.25. The molecule has 3 atom stereocenters. The van der Waals surface area contributed by atoms with Gasteiger partial charge in [0.05, 0.1) is 6.10 Å². The highest BCUT2D eigenvalue weighted by Gasteiger charge is 2.31. The van der Waals surface area contributed by atoms with E-state index in [0.29, 0.717) is 24.9 Å². The fourth-order valence-corrected chi connectivity index (χ4v) is 2.13. The van der Waals surface area contributed by atoms with Crippen LogP contribution in [0.2, 0.25) is 0 Å². The highest BCUT2D eigenvalue weighted by Crippen LogP contribution is 2.23. The van der Waals surface area contributed by atoms with Crippen LogP contribution in [0.15, 0.2) is 0 Å². The Bertz CT molecular complexity index is 317. The Kier molecular flexibility index (Phi) is 4.95. The molecule has 2 amide bonds. The van der Waals surface area contributed by atoms with Crippen LogP contribution in [-0.4, -0.2) is 52.3 Å². The summed E-state index contributed by atoms with van der Waals surface area (Å²) in [7, 11) is 0. The van der Waals surface area contributed by atoms with Gasteiger partial charge in [-0.1, -0.05) is 13.8 Å². The third kappa shape index (κ3) is 3.60. The van der Waals surface area contributed by atoms with Gasteiger partial charge in [-0.25, -0.2) is 9.59 Å². The number of likely N-dealkylation sites (tertiary alicyclic amines) is 1. The van der Waals surface area contributed by atoms with Crippen LogP contribution >= 0.6 is 0 Å². The lowest BCUT2D eigenvalue weighted by molar-refractivity contribution is -0.141. The molecule has 104 valence electrons. The Morgan fingerprint density at radius 3 is 2.33 bits per heavy atom. The molecule has 6 heteroatoms. The summed E-state index contributed by atoms with van der Waals surface area (Å²) < 4.78 is 0. The monoisotopic (exact) mass is 258 g/mol. The second-order valence-electron chi connectivity index (χ2n) is 5.24. The lowest BCUT2D eigenvalue weighted by Gasteiger charge is -2.23. The predicted molar refractivity (Wildman–Crippen MR) is 66.2 cm³/mol. The van der Waals surface area contributed by atoms with Gasteiger partial charge < -0.3 is 20.4 Å². The number of aliphatic hydroxyl groups is 1. The first kappa shape index (κ1) is 14.8. The molecule has 0 saturated carbocycles. The first-order chi connectivity index (χ1) is 8.32. The van der Waals surface area contributed by atoms with E-state index in [-0.39, 0.29) is 0 Å². The molecule has 0 spiro atoms. The van der Waals surface area contributed by atoms with Gasteiger partial charge in [0.2, 0.25) is 0 Å². The molecule has 3 N–H and O–H groups in total. The highest BCUT2D eigenvalue weighted by atomic mass is 16.4. The molecule has 1 rings (SSSR count). The summed E-state index contributed by atoms with van der Waals surface area (Å²) >= 11 is 0. The second-order valence-corrected chi connectivity index (χ2v) is 5.24. The number of nitrogens with one attached hydrogen (secondary N) is 1. The molecule has 1 aliphatic rings. The van der Waals surface area contributed by atoms with Crippen molar-refractivity contribution in [3.63, 3.8) is 0 Å². The van der Waals surface area contributed by atoms with Gasteiger partial charge in [-0.05, 0) is 25.2 Å². The van der Waals surface area contributed by atoms with E-state index < -0.39 is 24.1 Å². The number of aliphatic carboxylic acids is 1. The van der Waals surface area contributed by atoms with E-state index in [9.17, 15) is 14.7 Å². The van der Waals surface area contributed by atoms with E-state index in [2.05, 4.69) is 19.2 Å². The van der Waals surface area contributed by atoms with Crippen LogP contribution in [0.5, 0.6) is 0 Å². The van der Waals surface area contributed by atoms with Crippen molar-refractivity contribution >= 4 is 12.0 Å². The molecule has 0 bridgehead atoms. The number of amides is 2. The molecule has 1 aliphatic heterocycles. The van der Waals surface area contributed by atoms with Crippen LogP contribution in [0.25, 0.3) is 0 Å². The van der Waals surface area contributed by atoms with Gasteiger partial charge in [0.1, 0.15) is 0 Å². The largest absolute Gasteiger partial charge is 0.480 e.